The summed E-state index contributed by atoms with van der Waals surface area (Å²) in [5, 5.41) is 9.27. The molecule has 0 aliphatic carbocycles. The van der Waals surface area contributed by atoms with Crippen LogP contribution in [0.5, 0.6) is 0 Å². The van der Waals surface area contributed by atoms with Crippen molar-refractivity contribution in [2.45, 2.75) is 6.18 Å². The second kappa shape index (κ2) is 8.03. The van der Waals surface area contributed by atoms with E-state index in [4.69, 9.17) is 0 Å². The molecule has 0 saturated carbocycles. The summed E-state index contributed by atoms with van der Waals surface area (Å²) in [7, 11) is 1.97. The number of H-pyrrole nitrogens is 1. The molecule has 2 heterocycles. The molecule has 0 radical (unpaired) electrons. The van der Waals surface area contributed by atoms with Crippen molar-refractivity contribution in [1.29, 1.82) is 0 Å². The summed E-state index contributed by atoms with van der Waals surface area (Å²) in [5.74, 6) is -0.706. The smallest absolute Gasteiger partial charge is 0.367 e. The Balaban J connectivity index is 1.73. The summed E-state index contributed by atoms with van der Waals surface area (Å²) < 4.78 is 40.0. The number of halogens is 3. The van der Waals surface area contributed by atoms with E-state index in [0.29, 0.717) is 24.2 Å². The van der Waals surface area contributed by atoms with Gasteiger partial charge in [-0.25, -0.2) is 5.10 Å². The Hall–Kier alpha value is -3.40. The third-order valence-corrected chi connectivity index (χ3v) is 5.33. The second-order valence-electron chi connectivity index (χ2n) is 7.42. The fourth-order valence-corrected chi connectivity index (χ4v) is 3.60. The minimum atomic E-state index is -4.55. The number of hydrogen-bond donors (Lipinski definition) is 2. The molecule has 0 bridgehead atoms. The topological polar surface area (TPSA) is 81.3 Å². The van der Waals surface area contributed by atoms with Crippen molar-refractivity contribution in [3.8, 4) is 0 Å². The monoisotopic (exact) mass is 431 g/mol. The van der Waals surface area contributed by atoms with Gasteiger partial charge in [0.15, 0.2) is 5.69 Å². The number of nitrogens with zero attached hydrogens (tertiary/aromatic N) is 3. The zero-order valence-electron chi connectivity index (χ0n) is 16.7. The minimum absolute atomic E-state index is 0.0430. The van der Waals surface area contributed by atoms with Gasteiger partial charge in [0.1, 0.15) is 0 Å². The number of benzene rings is 2. The number of amides is 1. The Morgan fingerprint density at radius 3 is 2.42 bits per heavy atom. The maximum Gasteiger partial charge on any atom is 0.416 e. The highest BCUT2D eigenvalue weighted by atomic mass is 19.4. The van der Waals surface area contributed by atoms with Crippen molar-refractivity contribution in [2.75, 3.05) is 43.4 Å². The van der Waals surface area contributed by atoms with Crippen molar-refractivity contribution in [3.63, 3.8) is 0 Å². The molecule has 31 heavy (non-hydrogen) atoms. The first kappa shape index (κ1) is 20.9. The van der Waals surface area contributed by atoms with E-state index >= 15 is 0 Å². The van der Waals surface area contributed by atoms with E-state index in [0.717, 1.165) is 25.2 Å². The first-order valence-electron chi connectivity index (χ1n) is 9.67. The lowest BCUT2D eigenvalue weighted by molar-refractivity contribution is -0.137. The van der Waals surface area contributed by atoms with Gasteiger partial charge in [0, 0.05) is 31.6 Å². The van der Waals surface area contributed by atoms with Gasteiger partial charge in [0.2, 0.25) is 0 Å². The lowest BCUT2D eigenvalue weighted by atomic mass is 10.1. The van der Waals surface area contributed by atoms with E-state index in [9.17, 15) is 22.8 Å². The maximum absolute atomic E-state index is 13.3. The second-order valence-corrected chi connectivity index (χ2v) is 7.42. The molecule has 1 aliphatic heterocycles. The number of piperazine rings is 1. The van der Waals surface area contributed by atoms with Gasteiger partial charge in [0.25, 0.3) is 11.5 Å². The number of carbonyl (C=O) groups excluding carboxylic acids is 1. The average Bonchev–Trinajstić information content (AvgIpc) is 2.74. The van der Waals surface area contributed by atoms with E-state index < -0.39 is 23.2 Å². The Morgan fingerprint density at radius 1 is 1.06 bits per heavy atom. The van der Waals surface area contributed by atoms with Gasteiger partial charge in [0.05, 0.1) is 22.3 Å². The van der Waals surface area contributed by atoms with Crippen LogP contribution in [0.1, 0.15) is 16.1 Å². The van der Waals surface area contributed by atoms with Crippen LogP contribution in [-0.2, 0) is 6.18 Å². The number of fused-ring (bicyclic) bond motifs is 1. The third kappa shape index (κ3) is 4.24. The standard InChI is InChI=1S/C21H20F3N5O2/c1-28-8-10-29(11-9-28)17-7-6-13(21(22,23)24)12-16(17)25-20(31)18-14-4-2-3-5-15(14)19(30)27-26-18/h2-7,12H,8-11H2,1H3,(H,25,31)(H,27,30). The number of nitrogens with one attached hydrogen (secondary N) is 2. The van der Waals surface area contributed by atoms with E-state index in [1.165, 1.54) is 6.07 Å². The van der Waals surface area contributed by atoms with Crippen LogP contribution in [0.25, 0.3) is 10.8 Å². The number of aromatic nitrogens is 2. The lowest BCUT2D eigenvalue weighted by Gasteiger charge is -2.35. The Labute approximate surface area is 175 Å². The zero-order chi connectivity index (χ0) is 22.2. The first-order valence-corrected chi connectivity index (χ1v) is 9.67. The van der Waals surface area contributed by atoms with Crippen LogP contribution in [0.4, 0.5) is 24.5 Å². The van der Waals surface area contributed by atoms with Crippen LogP contribution in [0.2, 0.25) is 0 Å². The Bertz CT molecular complexity index is 1180. The SMILES string of the molecule is CN1CCN(c2ccc(C(F)(F)F)cc2NC(=O)c2n[nH]c(=O)c3ccccc23)CC1. The molecule has 1 amide bonds. The summed E-state index contributed by atoms with van der Waals surface area (Å²) >= 11 is 0. The molecule has 2 aromatic carbocycles. The van der Waals surface area contributed by atoms with Crippen molar-refractivity contribution < 1.29 is 18.0 Å². The number of carbonyl (C=O) groups is 1. The van der Waals surface area contributed by atoms with Gasteiger partial charge in [-0.05, 0) is 31.3 Å². The highest BCUT2D eigenvalue weighted by Gasteiger charge is 2.32. The molecule has 1 saturated heterocycles. The number of likely N-dealkylation sites (N-methyl/N-ethyl adjacent to an activating group) is 1. The summed E-state index contributed by atoms with van der Waals surface area (Å²) in [6.45, 7) is 2.73. The molecule has 1 fully saturated rings. The van der Waals surface area contributed by atoms with E-state index in [1.807, 2.05) is 11.9 Å². The molecule has 162 valence electrons. The maximum atomic E-state index is 13.3. The molecular weight excluding hydrogens is 411 g/mol. The van der Waals surface area contributed by atoms with E-state index in [1.54, 1.807) is 24.3 Å². The van der Waals surface area contributed by atoms with Gasteiger partial charge in [-0.15, -0.1) is 0 Å². The van der Waals surface area contributed by atoms with Crippen LogP contribution in [-0.4, -0.2) is 54.2 Å². The predicted molar refractivity (Wildman–Crippen MR) is 111 cm³/mol. The zero-order valence-corrected chi connectivity index (χ0v) is 16.7. The van der Waals surface area contributed by atoms with Gasteiger partial charge >= 0.3 is 6.18 Å². The number of anilines is 2. The molecule has 0 unspecified atom stereocenters. The molecule has 1 aromatic heterocycles. The number of hydrogen-bond acceptors (Lipinski definition) is 5. The Morgan fingerprint density at radius 2 is 1.74 bits per heavy atom. The van der Waals surface area contributed by atoms with Crippen LogP contribution >= 0.6 is 0 Å². The quantitative estimate of drug-likeness (QED) is 0.667. The molecule has 0 spiro atoms. The van der Waals surface area contributed by atoms with Crippen molar-refractivity contribution in [3.05, 3.63) is 64.1 Å². The normalized spacial score (nSPS) is 15.3. The lowest BCUT2D eigenvalue weighted by Crippen LogP contribution is -2.44. The third-order valence-electron chi connectivity index (χ3n) is 5.33. The molecule has 0 atom stereocenters. The van der Waals surface area contributed by atoms with Gasteiger partial charge < -0.3 is 15.1 Å². The van der Waals surface area contributed by atoms with Crippen LogP contribution in [0.3, 0.4) is 0 Å². The highest BCUT2D eigenvalue weighted by molar-refractivity contribution is 6.12. The summed E-state index contributed by atoms with van der Waals surface area (Å²) in [5.41, 5.74) is -0.842. The minimum Gasteiger partial charge on any atom is -0.367 e. The van der Waals surface area contributed by atoms with Gasteiger partial charge in [-0.2, -0.15) is 18.3 Å². The molecule has 4 rings (SSSR count). The van der Waals surface area contributed by atoms with Crippen molar-refractivity contribution in [2.24, 2.45) is 0 Å². The fraction of sp³-hybridized carbons (Fsp3) is 0.286. The van der Waals surface area contributed by atoms with Crippen molar-refractivity contribution >= 4 is 28.1 Å². The largest absolute Gasteiger partial charge is 0.416 e. The molecular formula is C21H20F3N5O2. The number of rotatable bonds is 3. The molecule has 3 aromatic rings. The summed E-state index contributed by atoms with van der Waals surface area (Å²) in [6.07, 6.45) is -4.55. The summed E-state index contributed by atoms with van der Waals surface area (Å²) in [6, 6.07) is 9.74. The number of aromatic amines is 1. The first-order chi connectivity index (χ1) is 14.7. The molecule has 1 aliphatic rings. The van der Waals surface area contributed by atoms with Gasteiger partial charge in [-0.1, -0.05) is 18.2 Å². The molecule has 7 nitrogen and oxygen atoms in total. The van der Waals surface area contributed by atoms with Gasteiger partial charge in [-0.3, -0.25) is 9.59 Å². The van der Waals surface area contributed by atoms with Crippen LogP contribution in [0, 0.1) is 0 Å². The highest BCUT2D eigenvalue weighted by Crippen LogP contribution is 2.36. The van der Waals surface area contributed by atoms with E-state index in [-0.39, 0.29) is 16.8 Å². The average molecular weight is 431 g/mol. The predicted octanol–water partition coefficient (Wildman–Crippen LogP) is 2.95. The molecule has 2 N–H and O–H groups in total. The summed E-state index contributed by atoms with van der Waals surface area (Å²) in [4.78, 5) is 29.0. The number of alkyl halides is 3. The molecule has 10 heteroatoms. The van der Waals surface area contributed by atoms with Crippen molar-refractivity contribution in [1.82, 2.24) is 15.1 Å². The van der Waals surface area contributed by atoms with E-state index in [2.05, 4.69) is 20.4 Å². The van der Waals surface area contributed by atoms with Crippen LogP contribution < -0.4 is 15.8 Å². The Kier molecular flexibility index (Phi) is 5.40. The fourth-order valence-electron chi connectivity index (χ4n) is 3.60. The van der Waals surface area contributed by atoms with Crippen LogP contribution in [0.15, 0.2) is 47.3 Å².